The summed E-state index contributed by atoms with van der Waals surface area (Å²) in [6.45, 7) is 0.522. The van der Waals surface area contributed by atoms with Gasteiger partial charge < -0.3 is 14.7 Å². The zero-order chi connectivity index (χ0) is 25.4. The summed E-state index contributed by atoms with van der Waals surface area (Å²) in [5.74, 6) is 0.699. The molecule has 1 aliphatic rings. The van der Waals surface area contributed by atoms with E-state index in [0.717, 1.165) is 16.7 Å². The highest BCUT2D eigenvalue weighted by atomic mass is 19.3. The van der Waals surface area contributed by atoms with Crippen LogP contribution < -0.4 is 15.2 Å². The number of aliphatic hydroxyl groups excluding tert-OH is 1. The van der Waals surface area contributed by atoms with E-state index >= 15 is 0 Å². The number of benzene rings is 2. The maximum atomic E-state index is 13.0. The number of ether oxygens (including phenoxy) is 1. The molecule has 0 aliphatic carbocycles. The molecule has 1 fully saturated rings. The largest absolute Gasteiger partial charge is 0.434 e. The monoisotopic (exact) mass is 495 g/mol. The van der Waals surface area contributed by atoms with Gasteiger partial charge in [0.05, 0.1) is 23.6 Å². The Morgan fingerprint density at radius 2 is 1.81 bits per heavy atom. The van der Waals surface area contributed by atoms with Crippen LogP contribution in [-0.4, -0.2) is 50.2 Å². The van der Waals surface area contributed by atoms with Crippen molar-refractivity contribution < 1.29 is 18.6 Å². The number of nitrogens with zero attached hydrogens (tertiary/aromatic N) is 5. The third kappa shape index (κ3) is 4.68. The van der Waals surface area contributed by atoms with Crippen molar-refractivity contribution in [2.45, 2.75) is 39.0 Å². The molecule has 0 saturated carbocycles. The molecule has 8 nitrogen and oxygen atoms in total. The summed E-state index contributed by atoms with van der Waals surface area (Å²) < 4.78 is 33.9. The van der Waals surface area contributed by atoms with Gasteiger partial charge >= 0.3 is 6.61 Å². The van der Waals surface area contributed by atoms with Crippen molar-refractivity contribution in [3.63, 3.8) is 0 Å². The highest BCUT2D eigenvalue weighted by Crippen LogP contribution is 2.27. The molecule has 1 aliphatic heterocycles. The number of hydrogen-bond acceptors (Lipinski definition) is 6. The first-order valence-electron chi connectivity index (χ1n) is 11.8. The van der Waals surface area contributed by atoms with Crippen LogP contribution >= 0.6 is 0 Å². The van der Waals surface area contributed by atoms with E-state index in [1.165, 1.54) is 10.7 Å². The maximum Gasteiger partial charge on any atom is 0.387 e. The van der Waals surface area contributed by atoms with Gasteiger partial charge in [0.2, 0.25) is 5.95 Å². The molecule has 5 rings (SSSR count). The Morgan fingerprint density at radius 3 is 2.50 bits per heavy atom. The maximum absolute atomic E-state index is 13.0. The Bertz CT molecular complexity index is 1440. The average Bonchev–Trinajstić information content (AvgIpc) is 3.10. The molecule has 0 amide bonds. The molecule has 0 atom stereocenters. The molecule has 2 aromatic heterocycles. The highest BCUT2D eigenvalue weighted by Gasteiger charge is 2.20. The van der Waals surface area contributed by atoms with E-state index in [0.29, 0.717) is 48.3 Å². The number of aryl methyl sites for hydroxylation is 1. The molecule has 0 spiro atoms. The van der Waals surface area contributed by atoms with Crippen molar-refractivity contribution in [3.8, 4) is 16.9 Å². The Kier molecular flexibility index (Phi) is 6.44. The third-order valence-electron chi connectivity index (χ3n) is 6.63. The third-order valence-corrected chi connectivity index (χ3v) is 6.63. The normalized spacial score (nSPS) is 14.7. The molecule has 4 aromatic rings. The number of halogens is 2. The topological polar surface area (TPSA) is 85.4 Å². The number of anilines is 1. The van der Waals surface area contributed by atoms with Crippen molar-refractivity contribution in [2.75, 3.05) is 18.0 Å². The van der Waals surface area contributed by atoms with E-state index in [9.17, 15) is 18.7 Å². The number of aliphatic hydroxyl groups is 1. The van der Waals surface area contributed by atoms with Gasteiger partial charge in [0.15, 0.2) is 0 Å². The standard InChI is InChI=1S/C26H27F2N5O3/c1-16-3-6-23(36-25(27)28)18(11-16)15-33-22-12-17(4-5-21(22)24(35)31(33)2)19-13-29-26(30-14-19)32-9-7-20(34)8-10-32/h3-6,11-14,20,25,34H,7-10,15H2,1-2H3. The Labute approximate surface area is 206 Å². The lowest BCUT2D eigenvalue weighted by Crippen LogP contribution is -2.36. The highest BCUT2D eigenvalue weighted by molar-refractivity contribution is 5.84. The summed E-state index contributed by atoms with van der Waals surface area (Å²) in [6.07, 6.45) is 4.61. The van der Waals surface area contributed by atoms with Gasteiger partial charge in [0.1, 0.15) is 5.75 Å². The number of piperidine rings is 1. The van der Waals surface area contributed by atoms with E-state index in [1.807, 2.05) is 19.1 Å². The minimum absolute atomic E-state index is 0.0790. The summed E-state index contributed by atoms with van der Waals surface area (Å²) in [6, 6.07) is 10.5. The van der Waals surface area contributed by atoms with Crippen LogP contribution in [-0.2, 0) is 13.6 Å². The van der Waals surface area contributed by atoms with Gasteiger partial charge in [-0.2, -0.15) is 8.78 Å². The first kappa shape index (κ1) is 23.9. The zero-order valence-corrected chi connectivity index (χ0v) is 20.1. The van der Waals surface area contributed by atoms with Crippen molar-refractivity contribution in [1.82, 2.24) is 19.3 Å². The number of alkyl halides is 2. The molecular formula is C26H27F2N5O3. The summed E-state index contributed by atoms with van der Waals surface area (Å²) >= 11 is 0. The minimum Gasteiger partial charge on any atom is -0.434 e. The van der Waals surface area contributed by atoms with Crippen molar-refractivity contribution in [3.05, 3.63) is 70.3 Å². The van der Waals surface area contributed by atoms with Gasteiger partial charge in [-0.3, -0.25) is 14.2 Å². The summed E-state index contributed by atoms with van der Waals surface area (Å²) in [5.41, 5.74) is 3.55. The second kappa shape index (κ2) is 9.69. The van der Waals surface area contributed by atoms with Gasteiger partial charge in [-0.05, 0) is 43.5 Å². The van der Waals surface area contributed by atoms with Crippen LogP contribution in [0.1, 0.15) is 24.0 Å². The molecule has 0 unspecified atom stereocenters. The molecule has 1 saturated heterocycles. The zero-order valence-electron chi connectivity index (χ0n) is 20.1. The summed E-state index contributed by atoms with van der Waals surface area (Å²) in [4.78, 5) is 24.0. The van der Waals surface area contributed by atoms with E-state index in [-0.39, 0.29) is 24.0 Å². The van der Waals surface area contributed by atoms with Crippen molar-refractivity contribution in [2.24, 2.45) is 7.05 Å². The van der Waals surface area contributed by atoms with Crippen molar-refractivity contribution in [1.29, 1.82) is 0 Å². The number of aromatic nitrogens is 4. The number of rotatable bonds is 6. The average molecular weight is 496 g/mol. The Hall–Kier alpha value is -3.79. The van der Waals surface area contributed by atoms with Gasteiger partial charge in [-0.25, -0.2) is 9.97 Å². The van der Waals surface area contributed by atoms with E-state index < -0.39 is 6.61 Å². The SMILES string of the molecule is Cc1ccc(OC(F)F)c(Cn2c3cc(-c4cnc(N5CCC(O)CC5)nc4)ccc3c(=O)n2C)c1. The van der Waals surface area contributed by atoms with Crippen LogP contribution in [0.3, 0.4) is 0 Å². The van der Waals surface area contributed by atoms with Crippen LogP contribution in [0.2, 0.25) is 0 Å². The molecular weight excluding hydrogens is 468 g/mol. The van der Waals surface area contributed by atoms with Crippen molar-refractivity contribution >= 4 is 16.9 Å². The van der Waals surface area contributed by atoms with Gasteiger partial charge in [-0.15, -0.1) is 0 Å². The lowest BCUT2D eigenvalue weighted by atomic mass is 10.1. The van der Waals surface area contributed by atoms with Crippen LogP contribution in [0.25, 0.3) is 22.0 Å². The summed E-state index contributed by atoms with van der Waals surface area (Å²) in [7, 11) is 1.65. The smallest absolute Gasteiger partial charge is 0.387 e. The first-order valence-corrected chi connectivity index (χ1v) is 11.8. The second-order valence-corrected chi connectivity index (χ2v) is 9.10. The molecule has 1 N–H and O–H groups in total. The molecule has 10 heteroatoms. The first-order chi connectivity index (χ1) is 17.3. The fourth-order valence-electron chi connectivity index (χ4n) is 4.65. The fraction of sp³-hybridized carbons (Fsp3) is 0.346. The number of fused-ring (bicyclic) bond motifs is 1. The van der Waals surface area contributed by atoms with Crippen LogP contribution in [0, 0.1) is 6.92 Å². The predicted octanol–water partition coefficient (Wildman–Crippen LogP) is 3.72. The molecule has 3 heterocycles. The van der Waals surface area contributed by atoms with Gasteiger partial charge in [0, 0.05) is 43.7 Å². The van der Waals surface area contributed by atoms with E-state index in [1.54, 1.807) is 42.3 Å². The lowest BCUT2D eigenvalue weighted by molar-refractivity contribution is -0.0505. The molecule has 188 valence electrons. The van der Waals surface area contributed by atoms with E-state index in [4.69, 9.17) is 4.74 Å². The second-order valence-electron chi connectivity index (χ2n) is 9.10. The molecule has 36 heavy (non-hydrogen) atoms. The van der Waals surface area contributed by atoms with E-state index in [2.05, 4.69) is 14.9 Å². The van der Waals surface area contributed by atoms with Crippen LogP contribution in [0.15, 0.2) is 53.6 Å². The van der Waals surface area contributed by atoms with Gasteiger partial charge in [0.25, 0.3) is 5.56 Å². The molecule has 0 radical (unpaired) electrons. The quantitative estimate of drug-likeness (QED) is 0.439. The predicted molar refractivity (Wildman–Crippen MR) is 133 cm³/mol. The van der Waals surface area contributed by atoms with Crippen LogP contribution in [0.4, 0.5) is 14.7 Å². The minimum atomic E-state index is -2.94. The lowest BCUT2D eigenvalue weighted by Gasteiger charge is -2.29. The van der Waals surface area contributed by atoms with Crippen LogP contribution in [0.5, 0.6) is 5.75 Å². The number of hydrogen-bond donors (Lipinski definition) is 1. The molecule has 2 aromatic carbocycles. The Morgan fingerprint density at radius 1 is 1.08 bits per heavy atom. The van der Waals surface area contributed by atoms with Gasteiger partial charge in [-0.1, -0.05) is 23.8 Å². The molecule has 0 bridgehead atoms. The summed E-state index contributed by atoms with van der Waals surface area (Å²) in [5, 5.41) is 10.2. The fourth-order valence-corrected chi connectivity index (χ4v) is 4.65. The Balaban J connectivity index is 1.49.